The Morgan fingerprint density at radius 3 is 2.80 bits per heavy atom. The van der Waals surface area contributed by atoms with Crippen molar-refractivity contribution in [2.75, 3.05) is 12.4 Å². The zero-order valence-electron chi connectivity index (χ0n) is 9.23. The molecule has 84 valence electrons. The number of aliphatic hydroxyl groups is 1. The van der Waals surface area contributed by atoms with E-state index in [-0.39, 0.29) is 12.6 Å². The Balaban J connectivity index is 2.50. The molecule has 0 fully saturated rings. The molecule has 1 unspecified atom stereocenters. The number of aryl methyl sites for hydroxylation is 2. The molecule has 1 rings (SSSR count). The molecule has 0 aliphatic heterocycles. The monoisotopic (exact) mass is 226 g/mol. The van der Waals surface area contributed by atoms with E-state index in [1.54, 1.807) is 11.8 Å². The largest absolute Gasteiger partial charge is 0.396 e. The fourth-order valence-electron chi connectivity index (χ4n) is 1.32. The van der Waals surface area contributed by atoms with Gasteiger partial charge in [-0.2, -0.15) is 0 Å². The number of nitrogens with zero attached hydrogens (tertiary/aromatic N) is 1. The fourth-order valence-corrected chi connectivity index (χ4v) is 2.35. The third kappa shape index (κ3) is 4.64. The van der Waals surface area contributed by atoms with Crippen LogP contribution in [0.1, 0.15) is 17.7 Å². The number of aliphatic hydroxyl groups excluding tert-OH is 1. The molecule has 0 saturated carbocycles. The molecule has 1 aromatic heterocycles. The van der Waals surface area contributed by atoms with Gasteiger partial charge in [0.15, 0.2) is 0 Å². The molecule has 3 nitrogen and oxygen atoms in total. The van der Waals surface area contributed by atoms with E-state index in [2.05, 4.69) is 24.0 Å². The average molecular weight is 226 g/mol. The SMILES string of the molecule is Cc1cc(C)nc(SCC(N)CCO)c1. The van der Waals surface area contributed by atoms with E-state index in [1.165, 1.54) is 5.56 Å². The highest BCUT2D eigenvalue weighted by molar-refractivity contribution is 7.99. The molecule has 0 amide bonds. The lowest BCUT2D eigenvalue weighted by atomic mass is 10.2. The molecule has 0 aliphatic carbocycles. The van der Waals surface area contributed by atoms with Gasteiger partial charge in [0.1, 0.15) is 0 Å². The lowest BCUT2D eigenvalue weighted by Crippen LogP contribution is -2.24. The third-order valence-corrected chi connectivity index (χ3v) is 3.12. The molecule has 4 heteroatoms. The first-order valence-electron chi connectivity index (χ1n) is 5.06. The van der Waals surface area contributed by atoms with Crippen molar-refractivity contribution in [2.24, 2.45) is 5.73 Å². The van der Waals surface area contributed by atoms with Crippen LogP contribution in [0.15, 0.2) is 17.2 Å². The second kappa shape index (κ2) is 6.10. The van der Waals surface area contributed by atoms with Crippen molar-refractivity contribution in [2.45, 2.75) is 31.3 Å². The summed E-state index contributed by atoms with van der Waals surface area (Å²) >= 11 is 1.65. The van der Waals surface area contributed by atoms with Crippen LogP contribution >= 0.6 is 11.8 Å². The number of hydrogen-bond acceptors (Lipinski definition) is 4. The Morgan fingerprint density at radius 2 is 2.20 bits per heavy atom. The molecule has 1 aromatic rings. The molecule has 0 saturated heterocycles. The normalized spacial score (nSPS) is 12.8. The summed E-state index contributed by atoms with van der Waals surface area (Å²) in [5, 5.41) is 9.73. The van der Waals surface area contributed by atoms with Crippen molar-refractivity contribution in [3.8, 4) is 0 Å². The topological polar surface area (TPSA) is 59.1 Å². The van der Waals surface area contributed by atoms with E-state index in [1.807, 2.05) is 6.92 Å². The van der Waals surface area contributed by atoms with Gasteiger partial charge in [0.25, 0.3) is 0 Å². The van der Waals surface area contributed by atoms with Gasteiger partial charge < -0.3 is 10.8 Å². The minimum absolute atomic E-state index is 0.0441. The highest BCUT2D eigenvalue weighted by Crippen LogP contribution is 2.18. The Hall–Kier alpha value is -0.580. The van der Waals surface area contributed by atoms with Crippen molar-refractivity contribution in [1.82, 2.24) is 4.98 Å². The molecular weight excluding hydrogens is 208 g/mol. The van der Waals surface area contributed by atoms with E-state index in [9.17, 15) is 0 Å². The first-order valence-corrected chi connectivity index (χ1v) is 6.05. The number of hydrogen-bond donors (Lipinski definition) is 2. The van der Waals surface area contributed by atoms with Crippen molar-refractivity contribution >= 4 is 11.8 Å². The summed E-state index contributed by atoms with van der Waals surface area (Å²) in [6.07, 6.45) is 0.651. The van der Waals surface area contributed by atoms with Crippen molar-refractivity contribution in [3.63, 3.8) is 0 Å². The van der Waals surface area contributed by atoms with Crippen molar-refractivity contribution in [1.29, 1.82) is 0 Å². The van der Waals surface area contributed by atoms with Crippen LogP contribution in [0.4, 0.5) is 0 Å². The average Bonchev–Trinajstić information content (AvgIpc) is 2.14. The first kappa shape index (κ1) is 12.5. The van der Waals surface area contributed by atoms with Gasteiger partial charge in [-0.05, 0) is 38.0 Å². The molecule has 15 heavy (non-hydrogen) atoms. The van der Waals surface area contributed by atoms with E-state index in [0.29, 0.717) is 6.42 Å². The zero-order valence-corrected chi connectivity index (χ0v) is 10.0. The maximum absolute atomic E-state index is 8.72. The van der Waals surface area contributed by atoms with Crippen LogP contribution in [0, 0.1) is 13.8 Å². The molecular formula is C11H18N2OS. The van der Waals surface area contributed by atoms with Crippen LogP contribution in [0.3, 0.4) is 0 Å². The van der Waals surface area contributed by atoms with Crippen molar-refractivity contribution in [3.05, 3.63) is 23.4 Å². The van der Waals surface area contributed by atoms with Gasteiger partial charge in [-0.15, -0.1) is 11.8 Å². The number of aromatic nitrogens is 1. The Kier molecular flexibility index (Phi) is 5.08. The summed E-state index contributed by atoms with van der Waals surface area (Å²) in [6.45, 7) is 4.21. The maximum atomic E-state index is 8.72. The molecule has 3 N–H and O–H groups in total. The second-order valence-electron chi connectivity index (χ2n) is 3.71. The highest BCUT2D eigenvalue weighted by atomic mass is 32.2. The van der Waals surface area contributed by atoms with Crippen LogP contribution < -0.4 is 5.73 Å². The summed E-state index contributed by atoms with van der Waals surface area (Å²) in [5.74, 6) is 0.802. The van der Waals surface area contributed by atoms with Gasteiger partial charge in [-0.1, -0.05) is 0 Å². The molecule has 1 heterocycles. The van der Waals surface area contributed by atoms with Gasteiger partial charge in [-0.25, -0.2) is 4.98 Å². The predicted molar refractivity (Wildman–Crippen MR) is 64.1 cm³/mol. The lowest BCUT2D eigenvalue weighted by molar-refractivity contribution is 0.279. The Morgan fingerprint density at radius 1 is 1.47 bits per heavy atom. The zero-order chi connectivity index (χ0) is 11.3. The minimum Gasteiger partial charge on any atom is -0.396 e. The Bertz CT molecular complexity index is 297. The van der Waals surface area contributed by atoms with E-state index < -0.39 is 0 Å². The van der Waals surface area contributed by atoms with Gasteiger partial charge >= 0.3 is 0 Å². The summed E-state index contributed by atoms with van der Waals surface area (Å²) in [7, 11) is 0. The lowest BCUT2D eigenvalue weighted by Gasteiger charge is -2.09. The number of nitrogens with two attached hydrogens (primary N) is 1. The molecule has 0 bridgehead atoms. The van der Waals surface area contributed by atoms with E-state index in [4.69, 9.17) is 10.8 Å². The van der Waals surface area contributed by atoms with Gasteiger partial charge in [0.05, 0.1) is 5.03 Å². The van der Waals surface area contributed by atoms with Crippen LogP contribution in [-0.2, 0) is 0 Å². The molecule has 0 spiro atoms. The van der Waals surface area contributed by atoms with E-state index >= 15 is 0 Å². The number of rotatable bonds is 5. The smallest absolute Gasteiger partial charge is 0.0966 e. The predicted octanol–water partition coefficient (Wildman–Crippen LogP) is 1.50. The molecule has 1 atom stereocenters. The minimum atomic E-state index is 0.0441. The standard InChI is InChI=1S/C11H18N2OS/c1-8-5-9(2)13-11(6-8)15-7-10(12)3-4-14/h5-6,10,14H,3-4,7,12H2,1-2H3. The van der Waals surface area contributed by atoms with Gasteiger partial charge in [0.2, 0.25) is 0 Å². The van der Waals surface area contributed by atoms with Crippen LogP contribution in [0.2, 0.25) is 0 Å². The second-order valence-corrected chi connectivity index (χ2v) is 4.75. The summed E-state index contributed by atoms with van der Waals surface area (Å²) in [5.41, 5.74) is 8.06. The van der Waals surface area contributed by atoms with Crippen LogP contribution in [0.5, 0.6) is 0 Å². The van der Waals surface area contributed by atoms with E-state index in [0.717, 1.165) is 16.5 Å². The molecule has 0 aromatic carbocycles. The summed E-state index contributed by atoms with van der Waals surface area (Å²) in [6, 6.07) is 4.16. The highest BCUT2D eigenvalue weighted by Gasteiger charge is 2.04. The third-order valence-electron chi connectivity index (χ3n) is 2.02. The van der Waals surface area contributed by atoms with Crippen molar-refractivity contribution < 1.29 is 5.11 Å². The summed E-state index contributed by atoms with van der Waals surface area (Å²) < 4.78 is 0. The summed E-state index contributed by atoms with van der Waals surface area (Å²) in [4.78, 5) is 4.41. The quantitative estimate of drug-likeness (QED) is 0.747. The number of thioether (sulfide) groups is 1. The molecule has 0 aliphatic rings. The molecule has 0 radical (unpaired) electrons. The maximum Gasteiger partial charge on any atom is 0.0966 e. The van der Waals surface area contributed by atoms with Gasteiger partial charge in [-0.3, -0.25) is 0 Å². The fraction of sp³-hybridized carbons (Fsp3) is 0.545. The number of pyridine rings is 1. The first-order chi connectivity index (χ1) is 7.11. The van der Waals surface area contributed by atoms with Gasteiger partial charge in [0, 0.05) is 24.1 Å². The Labute approximate surface area is 95.1 Å². The van der Waals surface area contributed by atoms with Crippen LogP contribution in [-0.4, -0.2) is 28.5 Å². The van der Waals surface area contributed by atoms with Crippen LogP contribution in [0.25, 0.3) is 0 Å².